The highest BCUT2D eigenvalue weighted by atomic mass is 16.5. The number of Topliss-reactive ketones (excluding diaryl/α,β-unsaturated/α-hetero) is 1. The molecule has 0 unspecified atom stereocenters. The first-order chi connectivity index (χ1) is 10.5. The molecule has 1 amide bonds. The van der Waals surface area contributed by atoms with Crippen LogP contribution in [0.3, 0.4) is 0 Å². The molecule has 0 saturated carbocycles. The van der Waals surface area contributed by atoms with E-state index in [1.807, 2.05) is 20.8 Å². The van der Waals surface area contributed by atoms with Crippen LogP contribution in [-0.4, -0.2) is 30.4 Å². The monoisotopic (exact) mass is 304 g/mol. The predicted molar refractivity (Wildman–Crippen MR) is 86.4 cm³/mol. The van der Waals surface area contributed by atoms with Crippen LogP contribution in [0, 0.1) is 0 Å². The molecule has 0 saturated heterocycles. The van der Waals surface area contributed by atoms with Crippen molar-refractivity contribution in [2.45, 2.75) is 45.6 Å². The molecule has 2 N–H and O–H groups in total. The maximum absolute atomic E-state index is 12.9. The first-order valence-electron chi connectivity index (χ1n) is 7.91. The number of hydrogen-bond donors (Lipinski definition) is 1. The lowest BCUT2D eigenvalue weighted by molar-refractivity contribution is -0.136. The Morgan fingerprint density at radius 2 is 1.95 bits per heavy atom. The van der Waals surface area contributed by atoms with Crippen LogP contribution in [0.4, 0.5) is 5.69 Å². The van der Waals surface area contributed by atoms with Gasteiger partial charge in [0.2, 0.25) is 0 Å². The number of anilines is 1. The Morgan fingerprint density at radius 1 is 1.27 bits per heavy atom. The van der Waals surface area contributed by atoms with E-state index < -0.39 is 5.60 Å². The summed E-state index contributed by atoms with van der Waals surface area (Å²) in [6.07, 6.45) is 1.62. The van der Waals surface area contributed by atoms with Crippen molar-refractivity contribution in [3.05, 3.63) is 23.8 Å². The van der Waals surface area contributed by atoms with Crippen LogP contribution < -0.4 is 15.4 Å². The molecule has 1 aromatic rings. The summed E-state index contributed by atoms with van der Waals surface area (Å²) in [6, 6.07) is 5.29. The molecular formula is C17H24N2O3. The molecule has 0 fully saturated rings. The smallest absolute Gasteiger partial charge is 0.271 e. The zero-order chi connectivity index (χ0) is 16.3. The lowest BCUT2D eigenvalue weighted by atomic mass is 9.92. The highest BCUT2D eigenvalue weighted by Crippen LogP contribution is 2.41. The number of nitrogens with two attached hydrogens (primary N) is 1. The molecule has 0 bridgehead atoms. The number of carbonyl (C=O) groups excluding carboxylic acids is 2. The summed E-state index contributed by atoms with van der Waals surface area (Å²) in [6.45, 7) is 6.49. The van der Waals surface area contributed by atoms with E-state index in [0.717, 1.165) is 0 Å². The topological polar surface area (TPSA) is 72.6 Å². The zero-order valence-corrected chi connectivity index (χ0v) is 13.5. The van der Waals surface area contributed by atoms with E-state index in [4.69, 9.17) is 10.5 Å². The van der Waals surface area contributed by atoms with Crippen LogP contribution >= 0.6 is 0 Å². The van der Waals surface area contributed by atoms with E-state index in [-0.39, 0.29) is 11.7 Å². The Kier molecular flexibility index (Phi) is 4.86. The van der Waals surface area contributed by atoms with Gasteiger partial charge in [0, 0.05) is 25.1 Å². The lowest BCUT2D eigenvalue weighted by Crippen LogP contribution is -2.56. The predicted octanol–water partition coefficient (Wildman–Crippen LogP) is 2.52. The molecule has 5 nitrogen and oxygen atoms in total. The van der Waals surface area contributed by atoms with E-state index in [9.17, 15) is 9.59 Å². The average molecular weight is 304 g/mol. The number of rotatable bonds is 6. The number of nitrogens with zero attached hydrogens (tertiary/aromatic N) is 1. The maximum atomic E-state index is 12.9. The van der Waals surface area contributed by atoms with Gasteiger partial charge in [-0.25, -0.2) is 0 Å². The summed E-state index contributed by atoms with van der Waals surface area (Å²) in [7, 11) is 0. The Balaban J connectivity index is 2.53. The minimum Gasteiger partial charge on any atom is -0.475 e. The van der Waals surface area contributed by atoms with Gasteiger partial charge in [-0.15, -0.1) is 0 Å². The molecule has 2 rings (SSSR count). The van der Waals surface area contributed by atoms with E-state index >= 15 is 0 Å². The first-order valence-corrected chi connectivity index (χ1v) is 7.91. The number of benzene rings is 1. The molecule has 0 aromatic heterocycles. The number of ketones is 1. The zero-order valence-electron chi connectivity index (χ0n) is 13.5. The van der Waals surface area contributed by atoms with Crippen molar-refractivity contribution >= 4 is 17.4 Å². The highest BCUT2D eigenvalue weighted by molar-refractivity contribution is 6.05. The van der Waals surface area contributed by atoms with E-state index in [1.165, 1.54) is 0 Å². The second-order valence-electron chi connectivity index (χ2n) is 5.51. The maximum Gasteiger partial charge on any atom is 0.271 e. The third kappa shape index (κ3) is 2.61. The standard InChI is InChI=1S/C17H24N2O3/c1-4-14(20)12-7-8-15-13(11-12)19(10-9-18)16(21)17(5-2,6-3)22-15/h7-8,11H,4-6,9-10,18H2,1-3H3. The highest BCUT2D eigenvalue weighted by Gasteiger charge is 2.45. The number of ether oxygens (including phenoxy) is 1. The van der Waals surface area contributed by atoms with Gasteiger partial charge in [-0.05, 0) is 31.0 Å². The summed E-state index contributed by atoms with van der Waals surface area (Å²) in [5.41, 5.74) is 6.08. The van der Waals surface area contributed by atoms with Crippen molar-refractivity contribution in [1.82, 2.24) is 0 Å². The number of carbonyl (C=O) groups is 2. The van der Waals surface area contributed by atoms with Gasteiger partial charge in [0.1, 0.15) is 5.75 Å². The third-order valence-electron chi connectivity index (χ3n) is 4.33. The first kappa shape index (κ1) is 16.5. The van der Waals surface area contributed by atoms with Crippen LogP contribution in [0.2, 0.25) is 0 Å². The van der Waals surface area contributed by atoms with Crippen LogP contribution in [0.25, 0.3) is 0 Å². The Bertz CT molecular complexity index is 579. The molecule has 1 aromatic carbocycles. The lowest BCUT2D eigenvalue weighted by Gasteiger charge is -2.42. The largest absolute Gasteiger partial charge is 0.475 e. The van der Waals surface area contributed by atoms with Gasteiger partial charge in [-0.1, -0.05) is 20.8 Å². The Hall–Kier alpha value is -1.88. The molecule has 1 aliphatic heterocycles. The van der Waals surface area contributed by atoms with Crippen molar-refractivity contribution in [2.24, 2.45) is 5.73 Å². The number of fused-ring (bicyclic) bond motifs is 1. The minimum absolute atomic E-state index is 0.0470. The van der Waals surface area contributed by atoms with E-state index in [0.29, 0.717) is 49.4 Å². The van der Waals surface area contributed by atoms with Crippen molar-refractivity contribution < 1.29 is 14.3 Å². The van der Waals surface area contributed by atoms with Crippen molar-refractivity contribution in [3.63, 3.8) is 0 Å². The molecule has 0 aliphatic carbocycles. The second-order valence-corrected chi connectivity index (χ2v) is 5.51. The molecule has 1 heterocycles. The van der Waals surface area contributed by atoms with Gasteiger partial charge < -0.3 is 15.4 Å². The van der Waals surface area contributed by atoms with Crippen molar-refractivity contribution in [1.29, 1.82) is 0 Å². The fourth-order valence-electron chi connectivity index (χ4n) is 2.85. The van der Waals surface area contributed by atoms with Gasteiger partial charge in [-0.2, -0.15) is 0 Å². The normalized spacial score (nSPS) is 16.2. The molecule has 22 heavy (non-hydrogen) atoms. The summed E-state index contributed by atoms with van der Waals surface area (Å²) in [4.78, 5) is 26.5. The van der Waals surface area contributed by atoms with Gasteiger partial charge in [0.25, 0.3) is 5.91 Å². The number of amides is 1. The van der Waals surface area contributed by atoms with E-state index in [2.05, 4.69) is 0 Å². The van der Waals surface area contributed by atoms with Crippen molar-refractivity contribution in [3.8, 4) is 5.75 Å². The summed E-state index contributed by atoms with van der Waals surface area (Å²) in [5.74, 6) is 0.617. The molecule has 5 heteroatoms. The van der Waals surface area contributed by atoms with Crippen LogP contribution in [0.1, 0.15) is 50.4 Å². The molecule has 0 radical (unpaired) electrons. The molecule has 0 atom stereocenters. The Labute approximate surface area is 131 Å². The SMILES string of the molecule is CCC(=O)c1ccc2c(c1)N(CCN)C(=O)C(CC)(CC)O2. The van der Waals surface area contributed by atoms with Crippen molar-refractivity contribution in [2.75, 3.05) is 18.0 Å². The minimum atomic E-state index is -0.835. The van der Waals surface area contributed by atoms with Gasteiger partial charge in [0.05, 0.1) is 5.69 Å². The molecule has 120 valence electrons. The molecule has 1 aliphatic rings. The summed E-state index contributed by atoms with van der Waals surface area (Å²) in [5, 5.41) is 0. The third-order valence-corrected chi connectivity index (χ3v) is 4.33. The Morgan fingerprint density at radius 3 is 2.50 bits per heavy atom. The second kappa shape index (κ2) is 6.48. The van der Waals surface area contributed by atoms with Crippen LogP contribution in [-0.2, 0) is 4.79 Å². The van der Waals surface area contributed by atoms with Gasteiger partial charge in [0.15, 0.2) is 11.4 Å². The molecular weight excluding hydrogens is 280 g/mol. The van der Waals surface area contributed by atoms with Gasteiger partial charge in [-0.3, -0.25) is 9.59 Å². The van der Waals surface area contributed by atoms with Crippen LogP contribution in [0.15, 0.2) is 18.2 Å². The quantitative estimate of drug-likeness (QED) is 0.820. The van der Waals surface area contributed by atoms with E-state index in [1.54, 1.807) is 23.1 Å². The average Bonchev–Trinajstić information content (AvgIpc) is 2.56. The summed E-state index contributed by atoms with van der Waals surface area (Å²) < 4.78 is 6.03. The number of hydrogen-bond acceptors (Lipinski definition) is 4. The van der Waals surface area contributed by atoms with Crippen LogP contribution in [0.5, 0.6) is 5.75 Å². The summed E-state index contributed by atoms with van der Waals surface area (Å²) >= 11 is 0. The van der Waals surface area contributed by atoms with Gasteiger partial charge >= 0.3 is 0 Å². The fraction of sp³-hybridized carbons (Fsp3) is 0.529. The fourth-order valence-corrected chi connectivity index (χ4v) is 2.85. The molecule has 0 spiro atoms.